The maximum Gasteiger partial charge on any atom is 0.242 e. The second-order valence-corrected chi connectivity index (χ2v) is 8.76. The third-order valence-electron chi connectivity index (χ3n) is 7.06. The standard InChI is InChI=1S/C25H27N3O4/c1-32-18-8-6-7-17(15-18)23-25(19-9-2-3-10-20(19)26-24(25)31)12-14-28(23)22(30)16-27-13-5-4-11-21(27)29/h2-3,6-10,15,23H,4-5,11-14,16H2,1H3,(H,26,31)/t23-,25+/m0/s1. The quantitative estimate of drug-likeness (QED) is 0.804. The first kappa shape index (κ1) is 20.5. The van der Waals surface area contributed by atoms with Gasteiger partial charge in [-0.25, -0.2) is 0 Å². The van der Waals surface area contributed by atoms with E-state index in [0.717, 1.165) is 29.7 Å². The lowest BCUT2D eigenvalue weighted by Gasteiger charge is -2.36. The largest absolute Gasteiger partial charge is 0.497 e. The van der Waals surface area contributed by atoms with E-state index >= 15 is 0 Å². The Morgan fingerprint density at radius 1 is 1.12 bits per heavy atom. The number of rotatable bonds is 4. The van der Waals surface area contributed by atoms with Gasteiger partial charge >= 0.3 is 0 Å². The molecule has 2 fully saturated rings. The molecule has 3 aliphatic heterocycles. The van der Waals surface area contributed by atoms with Crippen LogP contribution in [0.25, 0.3) is 0 Å². The van der Waals surface area contributed by atoms with Crippen molar-refractivity contribution >= 4 is 23.4 Å². The molecule has 2 aromatic rings. The maximum absolute atomic E-state index is 13.5. The first-order valence-electron chi connectivity index (χ1n) is 11.2. The molecular weight excluding hydrogens is 406 g/mol. The van der Waals surface area contributed by atoms with Gasteiger partial charge in [0.2, 0.25) is 17.7 Å². The van der Waals surface area contributed by atoms with E-state index < -0.39 is 11.5 Å². The number of likely N-dealkylation sites (tertiary alicyclic amines) is 2. The molecule has 1 spiro atoms. The van der Waals surface area contributed by atoms with Crippen LogP contribution in [-0.4, -0.2) is 54.3 Å². The number of methoxy groups -OCH3 is 1. The van der Waals surface area contributed by atoms with Crippen LogP contribution in [0.2, 0.25) is 0 Å². The van der Waals surface area contributed by atoms with Crippen LogP contribution in [0.4, 0.5) is 5.69 Å². The lowest BCUT2D eigenvalue weighted by Crippen LogP contribution is -2.47. The van der Waals surface area contributed by atoms with Crippen molar-refractivity contribution in [1.29, 1.82) is 0 Å². The maximum atomic E-state index is 13.5. The predicted octanol–water partition coefficient (Wildman–Crippen LogP) is 2.87. The van der Waals surface area contributed by atoms with Gasteiger partial charge in [-0.1, -0.05) is 30.3 Å². The molecule has 0 bridgehead atoms. The molecule has 5 rings (SSSR count). The Morgan fingerprint density at radius 3 is 2.78 bits per heavy atom. The SMILES string of the molecule is COc1cccc([C@@H]2N(C(=O)CN3CCCCC3=O)CC[C@]23C(=O)Nc2ccccc23)c1. The van der Waals surface area contributed by atoms with E-state index in [-0.39, 0.29) is 24.3 Å². The molecule has 2 aromatic carbocycles. The summed E-state index contributed by atoms with van der Waals surface area (Å²) in [6.07, 6.45) is 2.81. The fraction of sp³-hybridized carbons (Fsp3) is 0.400. The Bertz CT molecular complexity index is 1080. The lowest BCUT2D eigenvalue weighted by atomic mass is 9.72. The average molecular weight is 434 g/mol. The second kappa shape index (κ2) is 7.97. The third kappa shape index (κ3) is 3.15. The summed E-state index contributed by atoms with van der Waals surface area (Å²) in [6.45, 7) is 1.11. The van der Waals surface area contributed by atoms with E-state index in [0.29, 0.717) is 31.7 Å². The number of carbonyl (C=O) groups excluding carboxylic acids is 3. The van der Waals surface area contributed by atoms with E-state index in [9.17, 15) is 14.4 Å². The number of benzene rings is 2. The van der Waals surface area contributed by atoms with Crippen LogP contribution in [0, 0.1) is 0 Å². The molecule has 0 radical (unpaired) electrons. The van der Waals surface area contributed by atoms with Crippen LogP contribution in [0.15, 0.2) is 48.5 Å². The summed E-state index contributed by atoms with van der Waals surface area (Å²) in [6, 6.07) is 14.8. The number of para-hydroxylation sites is 1. The minimum atomic E-state index is -0.871. The summed E-state index contributed by atoms with van der Waals surface area (Å²) in [5.41, 5.74) is 1.70. The molecule has 2 saturated heterocycles. The van der Waals surface area contributed by atoms with Gasteiger partial charge in [0.05, 0.1) is 19.7 Å². The van der Waals surface area contributed by atoms with Gasteiger partial charge in [0.15, 0.2) is 0 Å². The Labute approximate surface area is 187 Å². The zero-order valence-corrected chi connectivity index (χ0v) is 18.2. The van der Waals surface area contributed by atoms with Gasteiger partial charge in [-0.2, -0.15) is 0 Å². The molecule has 7 nitrogen and oxygen atoms in total. The topological polar surface area (TPSA) is 79.0 Å². The smallest absolute Gasteiger partial charge is 0.242 e. The summed E-state index contributed by atoms with van der Waals surface area (Å²) in [7, 11) is 1.60. The Balaban J connectivity index is 1.56. The molecular formula is C25H27N3O4. The summed E-state index contributed by atoms with van der Waals surface area (Å²) >= 11 is 0. The van der Waals surface area contributed by atoms with Gasteiger partial charge in [0.1, 0.15) is 11.2 Å². The Kier molecular flexibility index (Phi) is 5.12. The van der Waals surface area contributed by atoms with Crippen molar-refractivity contribution in [3.05, 3.63) is 59.7 Å². The molecule has 2 atom stereocenters. The van der Waals surface area contributed by atoms with Crippen LogP contribution in [0.1, 0.15) is 42.9 Å². The minimum Gasteiger partial charge on any atom is -0.497 e. The third-order valence-corrected chi connectivity index (χ3v) is 7.06. The monoisotopic (exact) mass is 433 g/mol. The first-order chi connectivity index (χ1) is 15.5. The highest BCUT2D eigenvalue weighted by molar-refractivity contribution is 6.07. The molecule has 3 amide bonds. The summed E-state index contributed by atoms with van der Waals surface area (Å²) < 4.78 is 5.44. The van der Waals surface area contributed by atoms with Crippen LogP contribution in [-0.2, 0) is 19.8 Å². The minimum absolute atomic E-state index is 0.0281. The number of piperidine rings is 1. The summed E-state index contributed by atoms with van der Waals surface area (Å²) in [4.78, 5) is 42.7. The molecule has 0 unspecified atom stereocenters. The Morgan fingerprint density at radius 2 is 1.97 bits per heavy atom. The second-order valence-electron chi connectivity index (χ2n) is 8.76. The molecule has 166 valence electrons. The van der Waals surface area contributed by atoms with Crippen molar-refractivity contribution in [3.63, 3.8) is 0 Å². The summed E-state index contributed by atoms with van der Waals surface area (Å²) in [5.74, 6) is 0.494. The summed E-state index contributed by atoms with van der Waals surface area (Å²) in [5, 5.41) is 3.03. The van der Waals surface area contributed by atoms with E-state index in [1.54, 1.807) is 16.9 Å². The molecule has 0 saturated carbocycles. The van der Waals surface area contributed by atoms with Crippen molar-refractivity contribution in [3.8, 4) is 5.75 Å². The van der Waals surface area contributed by atoms with Crippen molar-refractivity contribution in [2.75, 3.05) is 32.1 Å². The molecule has 32 heavy (non-hydrogen) atoms. The van der Waals surface area contributed by atoms with Gasteiger partial charge in [-0.15, -0.1) is 0 Å². The zero-order chi connectivity index (χ0) is 22.3. The molecule has 0 aromatic heterocycles. The Hall–Kier alpha value is -3.35. The molecule has 1 N–H and O–H groups in total. The fourth-order valence-corrected chi connectivity index (χ4v) is 5.51. The fourth-order valence-electron chi connectivity index (χ4n) is 5.51. The van der Waals surface area contributed by atoms with Crippen LogP contribution in [0.3, 0.4) is 0 Å². The zero-order valence-electron chi connectivity index (χ0n) is 18.2. The first-order valence-corrected chi connectivity index (χ1v) is 11.2. The average Bonchev–Trinajstić information content (AvgIpc) is 3.35. The highest BCUT2D eigenvalue weighted by Gasteiger charge is 2.59. The predicted molar refractivity (Wildman–Crippen MR) is 119 cm³/mol. The molecule has 0 aliphatic carbocycles. The number of nitrogens with zero attached hydrogens (tertiary/aromatic N) is 2. The van der Waals surface area contributed by atoms with Crippen LogP contribution >= 0.6 is 0 Å². The van der Waals surface area contributed by atoms with E-state index in [1.165, 1.54) is 0 Å². The number of anilines is 1. The van der Waals surface area contributed by atoms with E-state index in [4.69, 9.17) is 4.74 Å². The highest BCUT2D eigenvalue weighted by atomic mass is 16.5. The van der Waals surface area contributed by atoms with Gasteiger partial charge in [-0.05, 0) is 48.6 Å². The number of fused-ring (bicyclic) bond motifs is 2. The van der Waals surface area contributed by atoms with E-state index in [1.807, 2.05) is 48.5 Å². The van der Waals surface area contributed by atoms with Gasteiger partial charge in [-0.3, -0.25) is 14.4 Å². The molecule has 7 heteroatoms. The van der Waals surface area contributed by atoms with Crippen molar-refractivity contribution in [1.82, 2.24) is 9.80 Å². The highest BCUT2D eigenvalue weighted by Crippen LogP contribution is 2.54. The van der Waals surface area contributed by atoms with Gasteiger partial charge in [0.25, 0.3) is 0 Å². The van der Waals surface area contributed by atoms with Gasteiger partial charge < -0.3 is 19.9 Å². The normalized spacial score (nSPS) is 24.6. The van der Waals surface area contributed by atoms with Crippen LogP contribution in [0.5, 0.6) is 5.75 Å². The van der Waals surface area contributed by atoms with Crippen molar-refractivity contribution in [2.24, 2.45) is 0 Å². The van der Waals surface area contributed by atoms with Crippen LogP contribution < -0.4 is 10.1 Å². The number of hydrogen-bond acceptors (Lipinski definition) is 4. The van der Waals surface area contributed by atoms with Gasteiger partial charge in [0, 0.05) is 25.2 Å². The molecule has 3 aliphatic rings. The van der Waals surface area contributed by atoms with E-state index in [2.05, 4.69) is 5.32 Å². The van der Waals surface area contributed by atoms with Crippen molar-refractivity contribution < 1.29 is 19.1 Å². The molecule has 3 heterocycles. The number of ether oxygens (including phenoxy) is 1. The number of nitrogens with one attached hydrogen (secondary N) is 1. The lowest BCUT2D eigenvalue weighted by molar-refractivity contribution is -0.143. The number of hydrogen-bond donors (Lipinski definition) is 1. The van der Waals surface area contributed by atoms with Crippen molar-refractivity contribution in [2.45, 2.75) is 37.1 Å². The number of carbonyl (C=O) groups is 3. The number of amides is 3.